The molecule has 0 spiro atoms. The molecule has 4 aliphatic carbocycles. The van der Waals surface area contributed by atoms with E-state index in [-0.39, 0.29) is 6.10 Å². The lowest BCUT2D eigenvalue weighted by Crippen LogP contribution is -2.59. The summed E-state index contributed by atoms with van der Waals surface area (Å²) in [4.78, 5) is 0. The molecule has 0 heterocycles. The zero-order valence-corrected chi connectivity index (χ0v) is 18.7. The monoisotopic (exact) mass is 398 g/mol. The van der Waals surface area contributed by atoms with Crippen LogP contribution in [0.5, 0.6) is 0 Å². The lowest BCUT2D eigenvalue weighted by atomic mass is 9.52. The fourth-order valence-electron chi connectivity index (χ4n) is 8.11. The first-order valence-electron chi connectivity index (χ1n) is 10.8. The Morgan fingerprint density at radius 2 is 1.62 bits per heavy atom. The van der Waals surface area contributed by atoms with Crippen molar-refractivity contribution in [2.75, 3.05) is 19.6 Å². The van der Waals surface area contributed by atoms with E-state index in [9.17, 15) is 5.11 Å². The molecule has 0 aromatic rings. The Kier molecular flexibility index (Phi) is 5.72. The van der Waals surface area contributed by atoms with Gasteiger partial charge >= 0.3 is 0 Å². The van der Waals surface area contributed by atoms with Gasteiger partial charge in [-0.2, -0.15) is 23.5 Å². The highest BCUT2D eigenvalue weighted by atomic mass is 32.2. The molecule has 0 radical (unpaired) electrons. The fraction of sp³-hybridized carbons (Fsp3) is 1.00. The third-order valence-corrected chi connectivity index (χ3v) is 12.3. The summed E-state index contributed by atoms with van der Waals surface area (Å²) in [5.41, 5.74) is 0. The van der Waals surface area contributed by atoms with Crippen molar-refractivity contribution in [3.63, 3.8) is 0 Å². The Morgan fingerprint density at radius 3 is 2.27 bits per heavy atom. The maximum Gasteiger partial charge on any atom is 0.0575 e. The van der Waals surface area contributed by atoms with Crippen molar-refractivity contribution < 1.29 is 9.84 Å². The van der Waals surface area contributed by atoms with Gasteiger partial charge in [-0.1, -0.05) is 0 Å². The Labute approximate surface area is 169 Å². The Morgan fingerprint density at radius 1 is 0.923 bits per heavy atom. The molecular weight excluding hydrogens is 360 g/mol. The highest BCUT2D eigenvalue weighted by Crippen LogP contribution is 2.67. The van der Waals surface area contributed by atoms with E-state index in [2.05, 4.69) is 36.0 Å². The number of aliphatic hydroxyl groups is 1. The van der Waals surface area contributed by atoms with Crippen LogP contribution in [-0.4, -0.2) is 46.4 Å². The van der Waals surface area contributed by atoms with Crippen LogP contribution in [0.25, 0.3) is 0 Å². The van der Waals surface area contributed by atoms with Crippen molar-refractivity contribution in [2.45, 2.75) is 86.4 Å². The van der Waals surface area contributed by atoms with Crippen LogP contribution < -0.4 is 0 Å². The molecule has 0 bridgehead atoms. The van der Waals surface area contributed by atoms with Crippen LogP contribution in [0, 0.1) is 29.6 Å². The Bertz CT molecular complexity index is 512. The molecular formula is C22H38O2S2. The van der Waals surface area contributed by atoms with Crippen molar-refractivity contribution in [3.05, 3.63) is 0 Å². The van der Waals surface area contributed by atoms with Gasteiger partial charge in [-0.05, 0) is 107 Å². The smallest absolute Gasteiger partial charge is 0.0575 e. The van der Waals surface area contributed by atoms with E-state index in [0.29, 0.717) is 21.5 Å². The zero-order valence-electron chi connectivity index (χ0n) is 17.1. The topological polar surface area (TPSA) is 29.5 Å². The molecule has 0 saturated heterocycles. The second-order valence-corrected chi connectivity index (χ2v) is 11.9. The molecule has 9 unspecified atom stereocenters. The molecule has 1 N–H and O–H groups in total. The second-order valence-electron chi connectivity index (χ2n) is 9.56. The second kappa shape index (κ2) is 7.46. The average molecular weight is 399 g/mol. The average Bonchev–Trinajstić information content (AvgIpc) is 3.07. The predicted octanol–water partition coefficient (Wildman–Crippen LogP) is 5.23. The number of ether oxygens (including phenoxy) is 1. The van der Waals surface area contributed by atoms with Gasteiger partial charge in [0.15, 0.2) is 0 Å². The van der Waals surface area contributed by atoms with Gasteiger partial charge in [0.1, 0.15) is 0 Å². The number of hydrogen-bond donors (Lipinski definition) is 1. The molecule has 4 saturated carbocycles. The van der Waals surface area contributed by atoms with Crippen LogP contribution in [0.3, 0.4) is 0 Å². The molecule has 0 aromatic carbocycles. The summed E-state index contributed by atoms with van der Waals surface area (Å²) in [6.07, 6.45) is 17.1. The van der Waals surface area contributed by atoms with Crippen molar-refractivity contribution in [1.29, 1.82) is 0 Å². The number of fused-ring (bicyclic) bond motifs is 5. The van der Waals surface area contributed by atoms with Gasteiger partial charge in [-0.3, -0.25) is 0 Å². The van der Waals surface area contributed by atoms with Gasteiger partial charge in [0.25, 0.3) is 0 Å². The largest absolute Gasteiger partial charge is 0.393 e. The maximum atomic E-state index is 10.5. The first-order chi connectivity index (χ1) is 12.5. The minimum atomic E-state index is -0.146. The lowest BCUT2D eigenvalue weighted by Gasteiger charge is -2.61. The van der Waals surface area contributed by atoms with Gasteiger partial charge < -0.3 is 9.84 Å². The molecule has 0 aromatic heterocycles. The summed E-state index contributed by atoms with van der Waals surface area (Å²) in [5.74, 6) is 3.99. The van der Waals surface area contributed by atoms with Crippen LogP contribution >= 0.6 is 23.5 Å². The standard InChI is InChI=1S/C22H38O2S2/c1-14(23)18-7-8-19-17-6-5-15-13-16(24-2)9-11-21(15,25-3)20(17)10-12-22(18,19)26-4/h14-20,23H,5-13H2,1-4H3. The summed E-state index contributed by atoms with van der Waals surface area (Å²) >= 11 is 4.32. The van der Waals surface area contributed by atoms with Gasteiger partial charge in [-0.15, -0.1) is 0 Å². The molecule has 2 nitrogen and oxygen atoms in total. The van der Waals surface area contributed by atoms with E-state index in [1.54, 1.807) is 0 Å². The molecule has 0 amide bonds. The van der Waals surface area contributed by atoms with Crippen molar-refractivity contribution >= 4 is 23.5 Å². The van der Waals surface area contributed by atoms with Gasteiger partial charge in [0.05, 0.1) is 12.2 Å². The molecule has 0 aliphatic heterocycles. The van der Waals surface area contributed by atoms with E-state index < -0.39 is 0 Å². The maximum absolute atomic E-state index is 10.5. The van der Waals surface area contributed by atoms with Crippen molar-refractivity contribution in [3.8, 4) is 0 Å². The third-order valence-electron chi connectivity index (χ3n) is 9.17. The van der Waals surface area contributed by atoms with E-state index in [1.807, 2.05) is 14.0 Å². The molecule has 4 rings (SSSR count). The van der Waals surface area contributed by atoms with E-state index >= 15 is 0 Å². The summed E-state index contributed by atoms with van der Waals surface area (Å²) in [5, 5.41) is 10.5. The first-order valence-corrected chi connectivity index (χ1v) is 13.3. The highest BCUT2D eigenvalue weighted by Gasteiger charge is 2.63. The van der Waals surface area contributed by atoms with Gasteiger partial charge in [0.2, 0.25) is 0 Å². The number of hydrogen-bond acceptors (Lipinski definition) is 4. The summed E-state index contributed by atoms with van der Waals surface area (Å²) < 4.78 is 6.63. The fourth-order valence-corrected chi connectivity index (χ4v) is 11.1. The first kappa shape index (κ1) is 19.9. The molecule has 150 valence electrons. The minimum absolute atomic E-state index is 0.146. The third kappa shape index (κ3) is 2.75. The van der Waals surface area contributed by atoms with E-state index in [4.69, 9.17) is 4.74 Å². The normalized spacial score (nSPS) is 52.0. The highest BCUT2D eigenvalue weighted by molar-refractivity contribution is 8.00. The molecule has 4 fully saturated rings. The number of thioether (sulfide) groups is 2. The predicted molar refractivity (Wildman–Crippen MR) is 114 cm³/mol. The Balaban J connectivity index is 1.62. The summed E-state index contributed by atoms with van der Waals surface area (Å²) in [6, 6.07) is 0. The summed E-state index contributed by atoms with van der Waals surface area (Å²) in [6.45, 7) is 2.05. The number of rotatable bonds is 4. The summed E-state index contributed by atoms with van der Waals surface area (Å²) in [7, 11) is 1.91. The Hall–Kier alpha value is 0.620. The molecule has 4 aliphatic rings. The molecule has 4 heteroatoms. The van der Waals surface area contributed by atoms with Gasteiger partial charge in [-0.25, -0.2) is 0 Å². The minimum Gasteiger partial charge on any atom is -0.393 e. The number of methoxy groups -OCH3 is 1. The lowest BCUT2D eigenvalue weighted by molar-refractivity contribution is -0.0397. The SMILES string of the molecule is COC1CCC2(SC)C(CCC3C2CCC2(SC)C(C(C)O)CCC32)C1. The number of aliphatic hydroxyl groups excluding tert-OH is 1. The van der Waals surface area contributed by atoms with Crippen LogP contribution in [0.4, 0.5) is 0 Å². The quantitative estimate of drug-likeness (QED) is 0.702. The van der Waals surface area contributed by atoms with Crippen LogP contribution in [0.2, 0.25) is 0 Å². The zero-order chi connectivity index (χ0) is 18.5. The van der Waals surface area contributed by atoms with Crippen LogP contribution in [-0.2, 0) is 4.74 Å². The van der Waals surface area contributed by atoms with E-state index in [0.717, 1.165) is 23.7 Å². The van der Waals surface area contributed by atoms with E-state index in [1.165, 1.54) is 57.8 Å². The van der Waals surface area contributed by atoms with Crippen LogP contribution in [0.1, 0.15) is 64.7 Å². The molecule has 9 atom stereocenters. The van der Waals surface area contributed by atoms with Crippen molar-refractivity contribution in [2.24, 2.45) is 29.6 Å². The molecule has 26 heavy (non-hydrogen) atoms. The van der Waals surface area contributed by atoms with Crippen LogP contribution in [0.15, 0.2) is 0 Å². The van der Waals surface area contributed by atoms with Gasteiger partial charge in [0, 0.05) is 16.6 Å². The van der Waals surface area contributed by atoms with Crippen molar-refractivity contribution in [1.82, 2.24) is 0 Å².